The highest BCUT2D eigenvalue weighted by Crippen LogP contribution is 2.36. The molecule has 0 unspecified atom stereocenters. The molecular formula is C26H25F2N3O2S. The third-order valence-electron chi connectivity index (χ3n) is 5.50. The van der Waals surface area contributed by atoms with Crippen LogP contribution in [0, 0.1) is 18.6 Å². The Labute approximate surface area is 200 Å². The van der Waals surface area contributed by atoms with Crippen molar-refractivity contribution >= 4 is 23.1 Å². The van der Waals surface area contributed by atoms with Gasteiger partial charge in [-0.15, -0.1) is 11.3 Å². The van der Waals surface area contributed by atoms with Crippen molar-refractivity contribution in [1.29, 1.82) is 0 Å². The van der Waals surface area contributed by atoms with E-state index in [9.17, 15) is 8.78 Å². The molecule has 0 fully saturated rings. The standard InChI is InChI=1S/C26H25F2N3O2S/c1-4-20-15(2)25(23(28)12-24(20)29-3)33-18-5-6-22(27)21(11-18)26-30-13-17(31-26)9-16-10-19(7-8-32)34-14-16/h4-6,10-14,29,32H,1,7-9H2,2-3H3,(H,30,31). The number of nitrogens with one attached hydrogen (secondary N) is 2. The Balaban J connectivity index is 1.59. The zero-order valence-electron chi connectivity index (χ0n) is 18.9. The lowest BCUT2D eigenvalue weighted by Crippen LogP contribution is -2.00. The summed E-state index contributed by atoms with van der Waals surface area (Å²) in [6.07, 6.45) is 4.54. The largest absolute Gasteiger partial charge is 0.454 e. The van der Waals surface area contributed by atoms with E-state index in [1.165, 1.54) is 24.3 Å². The number of halogens is 2. The first kappa shape index (κ1) is 23.7. The van der Waals surface area contributed by atoms with Crippen LogP contribution in [0.5, 0.6) is 11.5 Å². The number of rotatable bonds is 9. The minimum absolute atomic E-state index is 0.0581. The topological polar surface area (TPSA) is 70.2 Å². The molecule has 0 saturated carbocycles. The molecule has 0 atom stereocenters. The van der Waals surface area contributed by atoms with E-state index in [2.05, 4.69) is 21.9 Å². The maximum atomic E-state index is 14.8. The van der Waals surface area contributed by atoms with Crippen molar-refractivity contribution in [2.24, 2.45) is 0 Å². The molecule has 34 heavy (non-hydrogen) atoms. The van der Waals surface area contributed by atoms with E-state index in [0.29, 0.717) is 29.9 Å². The van der Waals surface area contributed by atoms with Gasteiger partial charge in [0.05, 0.1) is 5.56 Å². The number of aromatic nitrogens is 2. The summed E-state index contributed by atoms with van der Waals surface area (Å²) in [4.78, 5) is 8.61. The van der Waals surface area contributed by atoms with E-state index in [1.807, 2.05) is 11.4 Å². The quantitative estimate of drug-likeness (QED) is 0.261. The number of aromatic amines is 1. The monoisotopic (exact) mass is 481 g/mol. The molecule has 0 aliphatic heterocycles. The van der Waals surface area contributed by atoms with Gasteiger partial charge >= 0.3 is 0 Å². The number of hydrogen-bond acceptors (Lipinski definition) is 5. The third kappa shape index (κ3) is 4.88. The van der Waals surface area contributed by atoms with Crippen LogP contribution in [0.4, 0.5) is 14.5 Å². The molecule has 2 aromatic heterocycles. The van der Waals surface area contributed by atoms with Crippen molar-refractivity contribution in [2.45, 2.75) is 19.8 Å². The van der Waals surface area contributed by atoms with E-state index < -0.39 is 11.6 Å². The lowest BCUT2D eigenvalue weighted by atomic mass is 10.0. The summed E-state index contributed by atoms with van der Waals surface area (Å²) in [6, 6.07) is 7.62. The second kappa shape index (κ2) is 10.2. The highest BCUT2D eigenvalue weighted by Gasteiger charge is 2.17. The molecule has 176 valence electrons. The number of hydrogen-bond donors (Lipinski definition) is 3. The minimum Gasteiger partial charge on any atom is -0.454 e. The fourth-order valence-electron chi connectivity index (χ4n) is 3.80. The van der Waals surface area contributed by atoms with Crippen molar-refractivity contribution in [2.75, 3.05) is 19.0 Å². The summed E-state index contributed by atoms with van der Waals surface area (Å²) in [5, 5.41) is 14.1. The van der Waals surface area contributed by atoms with Gasteiger partial charge in [-0.2, -0.15) is 0 Å². The molecule has 4 rings (SSSR count). The Morgan fingerprint density at radius 1 is 1.24 bits per heavy atom. The number of aliphatic hydroxyl groups excluding tert-OH is 1. The van der Waals surface area contributed by atoms with Gasteiger partial charge in [-0.3, -0.25) is 0 Å². The molecular weight excluding hydrogens is 456 g/mol. The Morgan fingerprint density at radius 2 is 2.06 bits per heavy atom. The van der Waals surface area contributed by atoms with Crippen LogP contribution in [0.1, 0.15) is 27.3 Å². The van der Waals surface area contributed by atoms with Crippen LogP contribution in [0.3, 0.4) is 0 Å². The van der Waals surface area contributed by atoms with Gasteiger partial charge in [-0.1, -0.05) is 12.7 Å². The lowest BCUT2D eigenvalue weighted by Gasteiger charge is -2.16. The van der Waals surface area contributed by atoms with Crippen LogP contribution < -0.4 is 10.1 Å². The van der Waals surface area contributed by atoms with Crippen LogP contribution in [-0.2, 0) is 12.8 Å². The van der Waals surface area contributed by atoms with Crippen LogP contribution in [-0.4, -0.2) is 28.7 Å². The molecule has 0 bridgehead atoms. The van der Waals surface area contributed by atoms with E-state index in [1.54, 1.807) is 37.6 Å². The summed E-state index contributed by atoms with van der Waals surface area (Å²) >= 11 is 1.60. The van der Waals surface area contributed by atoms with E-state index in [4.69, 9.17) is 9.84 Å². The Morgan fingerprint density at radius 3 is 2.79 bits per heavy atom. The predicted molar refractivity (Wildman–Crippen MR) is 133 cm³/mol. The summed E-state index contributed by atoms with van der Waals surface area (Å²) < 4.78 is 35.3. The van der Waals surface area contributed by atoms with Gasteiger partial charge < -0.3 is 20.1 Å². The van der Waals surface area contributed by atoms with Crippen LogP contribution in [0.25, 0.3) is 17.5 Å². The molecule has 4 aromatic rings. The second-order valence-corrected chi connectivity index (χ2v) is 8.80. The average Bonchev–Trinajstić information content (AvgIpc) is 3.47. The number of aliphatic hydroxyl groups is 1. The van der Waals surface area contributed by atoms with Gasteiger partial charge in [0.25, 0.3) is 0 Å². The molecule has 0 aliphatic carbocycles. The molecule has 2 heterocycles. The molecule has 0 spiro atoms. The van der Waals surface area contributed by atoms with Gasteiger partial charge in [0, 0.05) is 66.1 Å². The maximum Gasteiger partial charge on any atom is 0.168 e. The van der Waals surface area contributed by atoms with Gasteiger partial charge in [-0.05, 0) is 42.1 Å². The number of ether oxygens (including phenoxy) is 1. The number of imidazole rings is 1. The van der Waals surface area contributed by atoms with Crippen LogP contribution in [0.2, 0.25) is 0 Å². The maximum absolute atomic E-state index is 14.8. The summed E-state index contributed by atoms with van der Waals surface area (Å²) in [5.74, 6) is -0.297. The Bertz CT molecular complexity index is 1330. The van der Waals surface area contributed by atoms with Crippen molar-refractivity contribution in [3.05, 3.63) is 87.4 Å². The normalized spacial score (nSPS) is 11.0. The molecule has 0 saturated heterocycles. The van der Waals surface area contributed by atoms with Crippen molar-refractivity contribution in [3.8, 4) is 22.9 Å². The van der Waals surface area contributed by atoms with E-state index >= 15 is 0 Å². The summed E-state index contributed by atoms with van der Waals surface area (Å²) in [7, 11) is 1.71. The van der Waals surface area contributed by atoms with Gasteiger partial charge in [0.1, 0.15) is 17.4 Å². The molecule has 2 aromatic carbocycles. The zero-order chi connectivity index (χ0) is 24.2. The zero-order valence-corrected chi connectivity index (χ0v) is 19.7. The van der Waals surface area contributed by atoms with Crippen molar-refractivity contribution in [1.82, 2.24) is 9.97 Å². The van der Waals surface area contributed by atoms with E-state index in [0.717, 1.165) is 21.7 Å². The number of nitrogens with zero attached hydrogens (tertiary/aromatic N) is 1. The first-order chi connectivity index (χ1) is 16.4. The van der Waals surface area contributed by atoms with Gasteiger partial charge in [0.15, 0.2) is 11.6 Å². The number of H-pyrrole nitrogens is 1. The Kier molecular flexibility index (Phi) is 7.09. The number of benzene rings is 2. The third-order valence-corrected chi connectivity index (χ3v) is 6.54. The molecule has 8 heteroatoms. The Hall–Kier alpha value is -3.49. The van der Waals surface area contributed by atoms with Crippen molar-refractivity contribution < 1.29 is 18.6 Å². The molecule has 3 N–H and O–H groups in total. The summed E-state index contributed by atoms with van der Waals surface area (Å²) in [6.45, 7) is 5.66. The summed E-state index contributed by atoms with van der Waals surface area (Å²) in [5.41, 5.74) is 4.07. The fraction of sp³-hybridized carbons (Fsp3) is 0.192. The highest BCUT2D eigenvalue weighted by atomic mass is 32.1. The lowest BCUT2D eigenvalue weighted by molar-refractivity contribution is 0.300. The first-order valence-electron chi connectivity index (χ1n) is 10.8. The minimum atomic E-state index is -0.532. The van der Waals surface area contributed by atoms with Crippen LogP contribution >= 0.6 is 11.3 Å². The smallest absolute Gasteiger partial charge is 0.168 e. The molecule has 0 aliphatic rings. The average molecular weight is 482 g/mol. The second-order valence-electron chi connectivity index (χ2n) is 7.80. The van der Waals surface area contributed by atoms with E-state index in [-0.39, 0.29) is 23.7 Å². The molecule has 0 radical (unpaired) electrons. The number of thiophene rings is 1. The predicted octanol–water partition coefficient (Wildman–Crippen LogP) is 6.33. The van der Waals surface area contributed by atoms with Crippen molar-refractivity contribution in [3.63, 3.8) is 0 Å². The molecule has 5 nitrogen and oxygen atoms in total. The van der Waals surface area contributed by atoms with Gasteiger partial charge in [-0.25, -0.2) is 13.8 Å². The van der Waals surface area contributed by atoms with Crippen LogP contribution in [0.15, 0.2) is 48.5 Å². The first-order valence-corrected chi connectivity index (χ1v) is 11.6. The SMILES string of the molecule is C=Cc1c(NC)cc(F)c(Oc2ccc(F)c(-c3ncc(Cc4csc(CCO)c4)[nH]3)c2)c1C. The fourth-order valence-corrected chi connectivity index (χ4v) is 4.68. The van der Waals surface area contributed by atoms with Gasteiger partial charge in [0.2, 0.25) is 0 Å². The highest BCUT2D eigenvalue weighted by molar-refractivity contribution is 7.10. The molecule has 0 amide bonds. The number of anilines is 1.